The highest BCUT2D eigenvalue weighted by Crippen LogP contribution is 2.15. The second kappa shape index (κ2) is 6.99. The molecule has 2 fully saturated rings. The van der Waals surface area contributed by atoms with E-state index in [0.717, 1.165) is 45.3 Å². The molecule has 0 spiro atoms. The molecule has 1 atom stereocenters. The lowest BCUT2D eigenvalue weighted by Gasteiger charge is -2.31. The van der Waals surface area contributed by atoms with Gasteiger partial charge < -0.3 is 15.4 Å². The maximum Gasteiger partial charge on any atom is 0.214 e. The Balaban J connectivity index is 1.74. The molecule has 2 aliphatic heterocycles. The van der Waals surface area contributed by atoms with Gasteiger partial charge in [-0.3, -0.25) is 0 Å². The van der Waals surface area contributed by atoms with Crippen molar-refractivity contribution in [2.24, 2.45) is 5.73 Å². The van der Waals surface area contributed by atoms with E-state index >= 15 is 0 Å². The zero-order valence-corrected chi connectivity index (χ0v) is 12.2. The van der Waals surface area contributed by atoms with Gasteiger partial charge >= 0.3 is 0 Å². The molecule has 0 bridgehead atoms. The van der Waals surface area contributed by atoms with Crippen molar-refractivity contribution in [3.63, 3.8) is 0 Å². The monoisotopic (exact) mass is 291 g/mol. The molecule has 0 aromatic carbocycles. The summed E-state index contributed by atoms with van der Waals surface area (Å²) in [4.78, 5) is 2.28. The summed E-state index contributed by atoms with van der Waals surface area (Å²) in [7, 11) is -3.21. The minimum atomic E-state index is -3.21. The number of rotatable bonds is 6. The Morgan fingerprint density at radius 1 is 1.26 bits per heavy atom. The minimum Gasteiger partial charge on any atom is -0.377 e. The van der Waals surface area contributed by atoms with Crippen molar-refractivity contribution in [2.45, 2.75) is 37.8 Å². The van der Waals surface area contributed by atoms with Crippen LogP contribution in [0.1, 0.15) is 25.7 Å². The molecule has 0 amide bonds. The molecule has 0 radical (unpaired) electrons. The Labute approximate surface area is 115 Å². The summed E-state index contributed by atoms with van der Waals surface area (Å²) in [6.45, 7) is 4.09. The van der Waals surface area contributed by atoms with Gasteiger partial charge in [0, 0.05) is 25.7 Å². The number of likely N-dealkylation sites (tertiary alicyclic amines) is 1. The molecule has 0 aromatic heterocycles. The molecular formula is C12H25N3O3S. The van der Waals surface area contributed by atoms with Crippen molar-refractivity contribution in [1.29, 1.82) is 0 Å². The van der Waals surface area contributed by atoms with Gasteiger partial charge in [-0.1, -0.05) is 0 Å². The fourth-order valence-electron chi connectivity index (χ4n) is 2.78. The van der Waals surface area contributed by atoms with Gasteiger partial charge in [0.15, 0.2) is 0 Å². The van der Waals surface area contributed by atoms with Crippen LogP contribution in [0.25, 0.3) is 0 Å². The smallest absolute Gasteiger partial charge is 0.214 e. The maximum absolute atomic E-state index is 12.0. The van der Waals surface area contributed by atoms with Crippen molar-refractivity contribution in [3.05, 3.63) is 0 Å². The van der Waals surface area contributed by atoms with E-state index < -0.39 is 10.0 Å². The molecular weight excluding hydrogens is 266 g/mol. The highest BCUT2D eigenvalue weighted by atomic mass is 32.2. The quantitative estimate of drug-likeness (QED) is 0.690. The number of ether oxygens (including phenoxy) is 1. The summed E-state index contributed by atoms with van der Waals surface area (Å²) in [5.41, 5.74) is 5.52. The highest BCUT2D eigenvalue weighted by molar-refractivity contribution is 7.89. The van der Waals surface area contributed by atoms with Gasteiger partial charge in [0.2, 0.25) is 10.0 Å². The van der Waals surface area contributed by atoms with Crippen LogP contribution in [-0.2, 0) is 14.8 Å². The zero-order chi connectivity index (χ0) is 13.7. The second-order valence-corrected chi connectivity index (χ2v) is 7.24. The Kier molecular flexibility index (Phi) is 5.58. The number of nitrogens with one attached hydrogen (secondary N) is 1. The molecule has 2 heterocycles. The van der Waals surface area contributed by atoms with Crippen molar-refractivity contribution in [1.82, 2.24) is 9.62 Å². The van der Waals surface area contributed by atoms with Crippen molar-refractivity contribution in [2.75, 3.05) is 38.5 Å². The van der Waals surface area contributed by atoms with E-state index in [4.69, 9.17) is 10.5 Å². The number of nitrogens with two attached hydrogens (primary N) is 1. The first kappa shape index (κ1) is 15.2. The lowest BCUT2D eigenvalue weighted by molar-refractivity contribution is 0.127. The summed E-state index contributed by atoms with van der Waals surface area (Å²) in [5.74, 6) is 0.107. The average Bonchev–Trinajstić information content (AvgIpc) is 2.83. The number of hydrogen-bond acceptors (Lipinski definition) is 5. The third kappa shape index (κ3) is 5.00. The van der Waals surface area contributed by atoms with Crippen LogP contribution < -0.4 is 10.5 Å². The van der Waals surface area contributed by atoms with E-state index in [1.807, 2.05) is 0 Å². The zero-order valence-electron chi connectivity index (χ0n) is 11.4. The van der Waals surface area contributed by atoms with Gasteiger partial charge in [-0.2, -0.15) is 0 Å². The molecule has 0 saturated carbocycles. The van der Waals surface area contributed by atoms with Gasteiger partial charge in [-0.25, -0.2) is 13.1 Å². The minimum absolute atomic E-state index is 0.0698. The Morgan fingerprint density at radius 3 is 2.58 bits per heavy atom. The summed E-state index contributed by atoms with van der Waals surface area (Å²) < 4.78 is 32.3. The molecule has 0 aromatic rings. The predicted octanol–water partition coefficient (Wildman–Crippen LogP) is -0.492. The van der Waals surface area contributed by atoms with Gasteiger partial charge in [0.05, 0.1) is 11.9 Å². The third-order valence-electron chi connectivity index (χ3n) is 3.81. The SMILES string of the molecule is NCCN1CCC(NS(=O)(=O)CC2CCCO2)CC1. The van der Waals surface area contributed by atoms with E-state index in [0.29, 0.717) is 13.2 Å². The molecule has 2 rings (SSSR count). The summed E-state index contributed by atoms with van der Waals surface area (Å²) in [5, 5.41) is 0. The first-order chi connectivity index (χ1) is 9.09. The van der Waals surface area contributed by atoms with Gasteiger partial charge in [0.1, 0.15) is 0 Å². The molecule has 1 unspecified atom stereocenters. The Hall–Kier alpha value is -0.210. The molecule has 3 N–H and O–H groups in total. The normalized spacial score (nSPS) is 26.9. The van der Waals surface area contributed by atoms with Crippen LogP contribution in [0.3, 0.4) is 0 Å². The van der Waals surface area contributed by atoms with Gasteiger partial charge in [0.25, 0.3) is 0 Å². The molecule has 2 saturated heterocycles. The van der Waals surface area contributed by atoms with Crippen molar-refractivity contribution >= 4 is 10.0 Å². The van der Waals surface area contributed by atoms with Crippen LogP contribution in [0.4, 0.5) is 0 Å². The number of piperidine rings is 1. The molecule has 112 valence electrons. The van der Waals surface area contributed by atoms with Gasteiger partial charge in [-0.15, -0.1) is 0 Å². The summed E-state index contributed by atoms with van der Waals surface area (Å²) in [6.07, 6.45) is 3.44. The summed E-state index contributed by atoms with van der Waals surface area (Å²) >= 11 is 0. The molecule has 7 heteroatoms. The van der Waals surface area contributed by atoms with E-state index in [-0.39, 0.29) is 17.9 Å². The maximum atomic E-state index is 12.0. The standard InChI is InChI=1S/C12H25N3O3S/c13-5-8-15-6-3-11(4-7-15)14-19(16,17)10-12-2-1-9-18-12/h11-12,14H,1-10,13H2. The Bertz CT molecular complexity index is 360. The van der Waals surface area contributed by atoms with Crippen LogP contribution in [0, 0.1) is 0 Å². The van der Waals surface area contributed by atoms with E-state index in [9.17, 15) is 8.42 Å². The van der Waals surface area contributed by atoms with E-state index in [2.05, 4.69) is 9.62 Å². The number of sulfonamides is 1. The lowest BCUT2D eigenvalue weighted by Crippen LogP contribution is -2.47. The van der Waals surface area contributed by atoms with Crippen LogP contribution in [-0.4, -0.2) is 64.0 Å². The van der Waals surface area contributed by atoms with E-state index in [1.54, 1.807) is 0 Å². The van der Waals surface area contributed by atoms with Crippen molar-refractivity contribution < 1.29 is 13.2 Å². The highest BCUT2D eigenvalue weighted by Gasteiger charge is 2.27. The second-order valence-electron chi connectivity index (χ2n) is 5.44. The molecule has 6 nitrogen and oxygen atoms in total. The molecule has 19 heavy (non-hydrogen) atoms. The van der Waals surface area contributed by atoms with Crippen LogP contribution >= 0.6 is 0 Å². The number of nitrogens with zero attached hydrogens (tertiary/aromatic N) is 1. The first-order valence-corrected chi connectivity index (χ1v) is 8.78. The van der Waals surface area contributed by atoms with Crippen LogP contribution in [0.2, 0.25) is 0 Å². The van der Waals surface area contributed by atoms with Crippen LogP contribution in [0.15, 0.2) is 0 Å². The molecule has 0 aliphatic carbocycles. The third-order valence-corrected chi connectivity index (χ3v) is 5.31. The Morgan fingerprint density at radius 2 is 2.00 bits per heavy atom. The fraction of sp³-hybridized carbons (Fsp3) is 1.00. The topological polar surface area (TPSA) is 84.7 Å². The largest absolute Gasteiger partial charge is 0.377 e. The average molecular weight is 291 g/mol. The molecule has 2 aliphatic rings. The first-order valence-electron chi connectivity index (χ1n) is 7.13. The fourth-order valence-corrected chi connectivity index (χ4v) is 4.37. The van der Waals surface area contributed by atoms with Crippen molar-refractivity contribution in [3.8, 4) is 0 Å². The van der Waals surface area contributed by atoms with Crippen LogP contribution in [0.5, 0.6) is 0 Å². The van der Waals surface area contributed by atoms with E-state index in [1.165, 1.54) is 0 Å². The number of hydrogen-bond donors (Lipinski definition) is 2. The summed E-state index contributed by atoms with van der Waals surface area (Å²) in [6, 6.07) is 0.0698. The van der Waals surface area contributed by atoms with Gasteiger partial charge in [-0.05, 0) is 38.8 Å². The lowest BCUT2D eigenvalue weighted by atomic mass is 10.1. The predicted molar refractivity (Wildman–Crippen MR) is 74.4 cm³/mol.